The van der Waals surface area contributed by atoms with Gasteiger partial charge in [0.05, 0.1) is 4.90 Å². The number of benzene rings is 1. The van der Waals surface area contributed by atoms with Crippen molar-refractivity contribution in [3.63, 3.8) is 0 Å². The van der Waals surface area contributed by atoms with Crippen molar-refractivity contribution in [1.29, 1.82) is 0 Å². The monoisotopic (exact) mass is 326 g/mol. The maximum Gasteiger partial charge on any atom is 0.240 e. The van der Waals surface area contributed by atoms with Gasteiger partial charge in [-0.3, -0.25) is 0 Å². The maximum atomic E-state index is 12.1. The van der Waals surface area contributed by atoms with Crippen LogP contribution in [0.4, 0.5) is 0 Å². The molecule has 1 atom stereocenters. The van der Waals surface area contributed by atoms with Crippen molar-refractivity contribution >= 4 is 34.0 Å². The molecule has 0 unspecified atom stereocenters. The number of likely N-dealkylation sites (N-methyl/N-ethyl adjacent to an activating group) is 1. The van der Waals surface area contributed by atoms with Gasteiger partial charge in [-0.25, -0.2) is 13.1 Å². The number of hydrogen-bond donors (Lipinski definition) is 2. The van der Waals surface area contributed by atoms with Crippen LogP contribution < -0.4 is 10.0 Å². The van der Waals surface area contributed by atoms with Gasteiger partial charge in [0, 0.05) is 17.6 Å². The lowest BCUT2D eigenvalue weighted by Gasteiger charge is -2.14. The fraction of sp³-hybridized carbons (Fsp3) is 0.500. The fourth-order valence-electron chi connectivity index (χ4n) is 1.61. The van der Waals surface area contributed by atoms with Crippen molar-refractivity contribution in [2.75, 3.05) is 13.1 Å². The van der Waals surface area contributed by atoms with Crippen LogP contribution in [0.3, 0.4) is 0 Å². The second kappa shape index (κ2) is 8.07. The predicted octanol–water partition coefficient (Wildman–Crippen LogP) is 2.35. The highest BCUT2D eigenvalue weighted by Gasteiger charge is 2.18. The standard InChI is InChI=1S/C12H19ClN2O2S.ClH/c1-4-14-9(2)8-15-18(16,17)12-7-5-6-11(13)10(12)3;/h5-7,9,14-15H,4,8H2,1-3H3;1H/t9-;/m1./s1. The molecule has 0 aliphatic heterocycles. The van der Waals surface area contributed by atoms with Crippen LogP contribution in [0, 0.1) is 6.92 Å². The van der Waals surface area contributed by atoms with E-state index in [2.05, 4.69) is 10.0 Å². The topological polar surface area (TPSA) is 58.2 Å². The molecule has 19 heavy (non-hydrogen) atoms. The van der Waals surface area contributed by atoms with Gasteiger partial charge in [-0.2, -0.15) is 0 Å². The molecule has 0 heterocycles. The third kappa shape index (κ3) is 5.28. The Morgan fingerprint density at radius 2 is 2.00 bits per heavy atom. The zero-order chi connectivity index (χ0) is 13.8. The first-order valence-corrected chi connectivity index (χ1v) is 7.72. The summed E-state index contributed by atoms with van der Waals surface area (Å²) in [5, 5.41) is 3.60. The molecule has 4 nitrogen and oxygen atoms in total. The van der Waals surface area contributed by atoms with Gasteiger partial charge in [0.2, 0.25) is 10.0 Å². The van der Waals surface area contributed by atoms with Crippen molar-refractivity contribution in [2.24, 2.45) is 0 Å². The van der Waals surface area contributed by atoms with Crippen molar-refractivity contribution in [3.8, 4) is 0 Å². The van der Waals surface area contributed by atoms with E-state index in [1.807, 2.05) is 13.8 Å². The molecule has 1 rings (SSSR count). The lowest BCUT2D eigenvalue weighted by Crippen LogP contribution is -2.38. The van der Waals surface area contributed by atoms with Crippen LogP contribution in [-0.4, -0.2) is 27.5 Å². The van der Waals surface area contributed by atoms with E-state index in [4.69, 9.17) is 11.6 Å². The zero-order valence-electron chi connectivity index (χ0n) is 11.2. The van der Waals surface area contributed by atoms with Crippen molar-refractivity contribution in [3.05, 3.63) is 28.8 Å². The molecule has 0 radical (unpaired) electrons. The number of halogens is 2. The van der Waals surface area contributed by atoms with E-state index in [-0.39, 0.29) is 23.3 Å². The van der Waals surface area contributed by atoms with Gasteiger partial charge in [0.15, 0.2) is 0 Å². The molecule has 0 saturated carbocycles. The van der Waals surface area contributed by atoms with E-state index >= 15 is 0 Å². The largest absolute Gasteiger partial charge is 0.313 e. The van der Waals surface area contributed by atoms with Gasteiger partial charge < -0.3 is 5.32 Å². The highest BCUT2D eigenvalue weighted by molar-refractivity contribution is 7.89. The fourth-order valence-corrected chi connectivity index (χ4v) is 3.24. The molecule has 0 aromatic heterocycles. The molecule has 7 heteroatoms. The van der Waals surface area contributed by atoms with E-state index in [1.165, 1.54) is 0 Å². The second-order valence-electron chi connectivity index (χ2n) is 4.17. The first-order chi connectivity index (χ1) is 8.38. The summed E-state index contributed by atoms with van der Waals surface area (Å²) < 4.78 is 26.8. The summed E-state index contributed by atoms with van der Waals surface area (Å²) in [7, 11) is -3.50. The molecule has 1 aromatic carbocycles. The summed E-state index contributed by atoms with van der Waals surface area (Å²) >= 11 is 5.93. The minimum Gasteiger partial charge on any atom is -0.313 e. The first kappa shape index (κ1) is 18.7. The number of hydrogen-bond acceptors (Lipinski definition) is 3. The predicted molar refractivity (Wildman–Crippen MR) is 81.8 cm³/mol. The SMILES string of the molecule is CCN[C@H](C)CNS(=O)(=O)c1cccc(Cl)c1C.Cl. The Balaban J connectivity index is 0.00000324. The molecule has 0 aliphatic carbocycles. The summed E-state index contributed by atoms with van der Waals surface area (Å²) in [6.45, 7) is 6.76. The Morgan fingerprint density at radius 3 is 2.58 bits per heavy atom. The van der Waals surface area contributed by atoms with Crippen LogP contribution in [-0.2, 0) is 10.0 Å². The lowest BCUT2D eigenvalue weighted by atomic mass is 10.2. The molecule has 0 aliphatic rings. The molecule has 0 saturated heterocycles. The molecule has 1 aromatic rings. The van der Waals surface area contributed by atoms with Crippen molar-refractivity contribution in [2.45, 2.75) is 31.7 Å². The average molecular weight is 327 g/mol. The minimum atomic E-state index is -3.50. The van der Waals surface area contributed by atoms with Crippen LogP contribution in [0.25, 0.3) is 0 Å². The maximum absolute atomic E-state index is 12.1. The number of nitrogens with one attached hydrogen (secondary N) is 2. The third-order valence-electron chi connectivity index (χ3n) is 2.64. The number of sulfonamides is 1. The Labute approximate surface area is 126 Å². The van der Waals surface area contributed by atoms with E-state index in [9.17, 15) is 8.42 Å². The van der Waals surface area contributed by atoms with Crippen LogP contribution >= 0.6 is 24.0 Å². The van der Waals surface area contributed by atoms with Gasteiger partial charge in [0.25, 0.3) is 0 Å². The van der Waals surface area contributed by atoms with Crippen LogP contribution in [0.2, 0.25) is 5.02 Å². The summed E-state index contributed by atoms with van der Waals surface area (Å²) in [4.78, 5) is 0.235. The normalized spacial score (nSPS) is 12.8. The summed E-state index contributed by atoms with van der Waals surface area (Å²) in [6, 6.07) is 4.96. The number of rotatable bonds is 6. The second-order valence-corrected chi connectivity index (χ2v) is 6.32. The molecular formula is C12H20Cl2N2O2S. The highest BCUT2D eigenvalue weighted by Crippen LogP contribution is 2.22. The van der Waals surface area contributed by atoms with E-state index < -0.39 is 10.0 Å². The molecular weight excluding hydrogens is 307 g/mol. The smallest absolute Gasteiger partial charge is 0.240 e. The summed E-state index contributed by atoms with van der Waals surface area (Å²) in [5.41, 5.74) is 0.572. The highest BCUT2D eigenvalue weighted by atomic mass is 35.5. The van der Waals surface area contributed by atoms with Gasteiger partial charge in [-0.1, -0.05) is 24.6 Å². The summed E-state index contributed by atoms with van der Waals surface area (Å²) in [6.07, 6.45) is 0. The molecule has 2 N–H and O–H groups in total. The van der Waals surface area contributed by atoms with Crippen molar-refractivity contribution < 1.29 is 8.42 Å². The quantitative estimate of drug-likeness (QED) is 0.843. The molecule has 0 bridgehead atoms. The Bertz CT molecular complexity index is 506. The van der Waals surface area contributed by atoms with Gasteiger partial charge >= 0.3 is 0 Å². The molecule has 110 valence electrons. The van der Waals surface area contributed by atoms with Crippen LogP contribution in [0.1, 0.15) is 19.4 Å². The van der Waals surface area contributed by atoms with Crippen molar-refractivity contribution in [1.82, 2.24) is 10.0 Å². The summed E-state index contributed by atoms with van der Waals surface area (Å²) in [5.74, 6) is 0. The molecule has 0 amide bonds. The minimum absolute atomic E-state index is 0. The van der Waals surface area contributed by atoms with E-state index in [0.29, 0.717) is 17.1 Å². The van der Waals surface area contributed by atoms with Gasteiger partial charge in [-0.05, 0) is 38.1 Å². The van der Waals surface area contributed by atoms with Gasteiger partial charge in [-0.15, -0.1) is 12.4 Å². The van der Waals surface area contributed by atoms with Crippen LogP contribution in [0.15, 0.2) is 23.1 Å². The Hall–Kier alpha value is -0.330. The van der Waals surface area contributed by atoms with E-state index in [0.717, 1.165) is 6.54 Å². The zero-order valence-corrected chi connectivity index (χ0v) is 13.6. The first-order valence-electron chi connectivity index (χ1n) is 5.86. The Kier molecular flexibility index (Phi) is 7.93. The Morgan fingerprint density at radius 1 is 1.37 bits per heavy atom. The van der Waals surface area contributed by atoms with Crippen LogP contribution in [0.5, 0.6) is 0 Å². The van der Waals surface area contributed by atoms with E-state index in [1.54, 1.807) is 25.1 Å². The third-order valence-corrected chi connectivity index (χ3v) is 4.62. The van der Waals surface area contributed by atoms with Gasteiger partial charge in [0.1, 0.15) is 0 Å². The molecule has 0 fully saturated rings. The molecule has 0 spiro atoms. The lowest BCUT2D eigenvalue weighted by molar-refractivity contribution is 0.536. The average Bonchev–Trinajstić information content (AvgIpc) is 2.30.